The van der Waals surface area contributed by atoms with Crippen molar-refractivity contribution in [1.29, 1.82) is 0 Å². The Morgan fingerprint density at radius 3 is 2.57 bits per heavy atom. The van der Waals surface area contributed by atoms with Crippen molar-refractivity contribution in [3.63, 3.8) is 0 Å². The fourth-order valence-electron chi connectivity index (χ4n) is 2.86. The molecule has 1 heterocycles. The van der Waals surface area contributed by atoms with Crippen LogP contribution in [0.15, 0.2) is 0 Å². The van der Waals surface area contributed by atoms with E-state index < -0.39 is 0 Å². The maximum absolute atomic E-state index is 5.96. The van der Waals surface area contributed by atoms with Crippen molar-refractivity contribution in [2.24, 2.45) is 0 Å². The Bertz CT molecular complexity index is 475. The monoisotopic (exact) mass is 291 g/mol. The third-order valence-corrected chi connectivity index (χ3v) is 4.34. The standard InChI is InChI=1S/C17H29N3O/c1-5-12-18-15-13-10-8-9-11-14(13)19-16(20-15)17(4,6-2)21-7-3/h5-12H2,1-4H3,(H,18,19,20). The van der Waals surface area contributed by atoms with Crippen molar-refractivity contribution in [2.75, 3.05) is 18.5 Å². The highest BCUT2D eigenvalue weighted by molar-refractivity contribution is 5.48. The van der Waals surface area contributed by atoms with Gasteiger partial charge in [-0.1, -0.05) is 13.8 Å². The summed E-state index contributed by atoms with van der Waals surface area (Å²) in [4.78, 5) is 9.71. The minimum absolute atomic E-state index is 0.385. The summed E-state index contributed by atoms with van der Waals surface area (Å²) < 4.78 is 5.96. The van der Waals surface area contributed by atoms with Crippen LogP contribution in [0.2, 0.25) is 0 Å². The highest BCUT2D eigenvalue weighted by Gasteiger charge is 2.31. The first-order valence-electron chi connectivity index (χ1n) is 8.42. The first-order valence-corrected chi connectivity index (χ1v) is 8.42. The first-order chi connectivity index (χ1) is 10.1. The lowest BCUT2D eigenvalue weighted by atomic mass is 9.94. The highest BCUT2D eigenvalue weighted by atomic mass is 16.5. The fourth-order valence-corrected chi connectivity index (χ4v) is 2.86. The molecule has 1 N–H and O–H groups in total. The van der Waals surface area contributed by atoms with Crippen molar-refractivity contribution < 1.29 is 4.74 Å². The van der Waals surface area contributed by atoms with E-state index in [0.29, 0.717) is 6.61 Å². The molecule has 0 aliphatic heterocycles. The molecule has 1 aliphatic carbocycles. The maximum atomic E-state index is 5.96. The summed E-state index contributed by atoms with van der Waals surface area (Å²) in [6, 6.07) is 0. The van der Waals surface area contributed by atoms with Gasteiger partial charge < -0.3 is 10.1 Å². The Hall–Kier alpha value is -1.16. The van der Waals surface area contributed by atoms with Crippen molar-refractivity contribution >= 4 is 5.82 Å². The van der Waals surface area contributed by atoms with Crippen LogP contribution in [0, 0.1) is 0 Å². The van der Waals surface area contributed by atoms with Gasteiger partial charge in [0.25, 0.3) is 0 Å². The van der Waals surface area contributed by atoms with Crippen LogP contribution < -0.4 is 5.32 Å². The SMILES string of the molecule is CCCNc1nc(C(C)(CC)OCC)nc2c1CCCC2. The van der Waals surface area contributed by atoms with E-state index in [9.17, 15) is 0 Å². The number of anilines is 1. The fraction of sp³-hybridized carbons (Fsp3) is 0.765. The lowest BCUT2D eigenvalue weighted by Crippen LogP contribution is -2.30. The number of nitrogens with one attached hydrogen (secondary N) is 1. The summed E-state index contributed by atoms with van der Waals surface area (Å²) in [6.45, 7) is 10.1. The maximum Gasteiger partial charge on any atom is 0.162 e. The summed E-state index contributed by atoms with van der Waals surface area (Å²) in [7, 11) is 0. The lowest BCUT2D eigenvalue weighted by Gasteiger charge is -2.29. The zero-order valence-corrected chi connectivity index (χ0v) is 14.0. The molecule has 4 nitrogen and oxygen atoms in total. The summed E-state index contributed by atoms with van der Waals surface area (Å²) in [5.41, 5.74) is 2.17. The molecule has 21 heavy (non-hydrogen) atoms. The van der Waals surface area contributed by atoms with Crippen molar-refractivity contribution in [1.82, 2.24) is 9.97 Å². The molecule has 0 spiro atoms. The third kappa shape index (κ3) is 3.54. The molecule has 1 aliphatic rings. The van der Waals surface area contributed by atoms with Crippen LogP contribution in [0.3, 0.4) is 0 Å². The smallest absolute Gasteiger partial charge is 0.162 e. The number of nitrogens with zero attached hydrogens (tertiary/aromatic N) is 2. The van der Waals surface area contributed by atoms with E-state index in [1.54, 1.807) is 0 Å². The van der Waals surface area contributed by atoms with Crippen LogP contribution in [0.1, 0.15) is 70.5 Å². The predicted molar refractivity (Wildman–Crippen MR) is 86.7 cm³/mol. The summed E-state index contributed by atoms with van der Waals surface area (Å²) in [5, 5.41) is 3.49. The molecule has 0 amide bonds. The molecular formula is C17H29N3O. The number of rotatable bonds is 7. The van der Waals surface area contributed by atoms with Gasteiger partial charge in [-0.2, -0.15) is 0 Å². The van der Waals surface area contributed by atoms with Gasteiger partial charge in [0.15, 0.2) is 5.82 Å². The van der Waals surface area contributed by atoms with Gasteiger partial charge in [-0.15, -0.1) is 0 Å². The number of hydrogen-bond acceptors (Lipinski definition) is 4. The second kappa shape index (κ2) is 7.21. The van der Waals surface area contributed by atoms with Gasteiger partial charge in [0.2, 0.25) is 0 Å². The van der Waals surface area contributed by atoms with Crippen LogP contribution >= 0.6 is 0 Å². The molecule has 0 saturated carbocycles. The Kier molecular flexibility index (Phi) is 5.57. The van der Waals surface area contributed by atoms with Gasteiger partial charge in [-0.05, 0) is 52.4 Å². The normalized spacial score (nSPS) is 17.1. The molecule has 1 aromatic rings. The van der Waals surface area contributed by atoms with Gasteiger partial charge >= 0.3 is 0 Å². The van der Waals surface area contributed by atoms with Crippen LogP contribution in [0.4, 0.5) is 5.82 Å². The van der Waals surface area contributed by atoms with Crippen LogP contribution in [-0.4, -0.2) is 23.1 Å². The number of aromatic nitrogens is 2. The minimum atomic E-state index is -0.385. The second-order valence-electron chi connectivity index (χ2n) is 5.97. The van der Waals surface area contributed by atoms with Gasteiger partial charge in [-0.3, -0.25) is 0 Å². The van der Waals surface area contributed by atoms with E-state index in [1.165, 1.54) is 24.1 Å². The van der Waals surface area contributed by atoms with Crippen molar-refractivity contribution in [3.05, 3.63) is 17.1 Å². The van der Waals surface area contributed by atoms with E-state index in [1.807, 2.05) is 6.92 Å². The zero-order valence-electron chi connectivity index (χ0n) is 14.0. The Morgan fingerprint density at radius 2 is 1.90 bits per heavy atom. The summed E-state index contributed by atoms with van der Waals surface area (Å²) in [5.74, 6) is 1.88. The average molecular weight is 291 g/mol. The predicted octanol–water partition coefficient (Wildman–Crippen LogP) is 3.84. The topological polar surface area (TPSA) is 47.0 Å². The Balaban J connectivity index is 2.42. The molecular weight excluding hydrogens is 262 g/mol. The molecule has 1 unspecified atom stereocenters. The van der Waals surface area contributed by atoms with E-state index in [-0.39, 0.29) is 5.60 Å². The average Bonchev–Trinajstić information content (AvgIpc) is 2.52. The van der Waals surface area contributed by atoms with Crippen molar-refractivity contribution in [2.45, 2.75) is 71.8 Å². The van der Waals surface area contributed by atoms with Gasteiger partial charge in [0.05, 0.1) is 0 Å². The largest absolute Gasteiger partial charge is 0.370 e. The second-order valence-corrected chi connectivity index (χ2v) is 5.97. The lowest BCUT2D eigenvalue weighted by molar-refractivity contribution is -0.0391. The number of hydrogen-bond donors (Lipinski definition) is 1. The summed E-state index contributed by atoms with van der Waals surface area (Å²) in [6.07, 6.45) is 6.62. The first kappa shape index (κ1) is 16.2. The van der Waals surface area contributed by atoms with Gasteiger partial charge in [0.1, 0.15) is 11.4 Å². The molecule has 1 atom stereocenters. The molecule has 118 valence electrons. The Labute approximate surface area is 128 Å². The molecule has 0 fully saturated rings. The van der Waals surface area contributed by atoms with Crippen LogP contribution in [0.5, 0.6) is 0 Å². The van der Waals surface area contributed by atoms with Gasteiger partial charge in [0, 0.05) is 24.4 Å². The molecule has 2 rings (SSSR count). The third-order valence-electron chi connectivity index (χ3n) is 4.34. The molecule has 0 radical (unpaired) electrons. The molecule has 0 aromatic carbocycles. The summed E-state index contributed by atoms with van der Waals surface area (Å²) >= 11 is 0. The minimum Gasteiger partial charge on any atom is -0.370 e. The molecule has 0 saturated heterocycles. The Morgan fingerprint density at radius 1 is 1.14 bits per heavy atom. The van der Waals surface area contributed by atoms with E-state index in [4.69, 9.17) is 14.7 Å². The molecule has 1 aromatic heterocycles. The number of fused-ring (bicyclic) bond motifs is 1. The zero-order chi connectivity index (χ0) is 15.3. The number of ether oxygens (including phenoxy) is 1. The quantitative estimate of drug-likeness (QED) is 0.829. The van der Waals surface area contributed by atoms with Crippen molar-refractivity contribution in [3.8, 4) is 0 Å². The van der Waals surface area contributed by atoms with E-state index in [0.717, 1.165) is 43.9 Å². The number of aryl methyl sites for hydroxylation is 1. The molecule has 0 bridgehead atoms. The molecule has 4 heteroatoms. The van der Waals surface area contributed by atoms with E-state index in [2.05, 4.69) is 26.1 Å². The van der Waals surface area contributed by atoms with E-state index >= 15 is 0 Å². The van der Waals surface area contributed by atoms with Crippen LogP contribution in [0.25, 0.3) is 0 Å². The van der Waals surface area contributed by atoms with Crippen LogP contribution in [-0.2, 0) is 23.2 Å². The van der Waals surface area contributed by atoms with Gasteiger partial charge in [-0.25, -0.2) is 9.97 Å². The highest BCUT2D eigenvalue weighted by Crippen LogP contribution is 2.31.